The van der Waals surface area contributed by atoms with Gasteiger partial charge in [-0.15, -0.1) is 0 Å². The van der Waals surface area contributed by atoms with E-state index in [4.69, 9.17) is 4.74 Å². The zero-order valence-electron chi connectivity index (χ0n) is 12.3. The third kappa shape index (κ3) is 5.96. The first-order chi connectivity index (χ1) is 9.19. The Morgan fingerprint density at radius 2 is 2.00 bits per heavy atom. The summed E-state index contributed by atoms with van der Waals surface area (Å²) in [4.78, 5) is 0. The Labute approximate surface area is 126 Å². The standard InChI is InChI=1S/C16H26BrNO/c1-4-6-7-11-19-16-9-8-14(12-15(16)17)13(3)18-10-5-2/h8-9,12-13,18H,4-7,10-11H2,1-3H3. The van der Waals surface area contributed by atoms with Gasteiger partial charge in [0.25, 0.3) is 0 Å². The van der Waals surface area contributed by atoms with Gasteiger partial charge in [0, 0.05) is 6.04 Å². The SMILES string of the molecule is CCCCCOc1ccc(C(C)NCCC)cc1Br. The Morgan fingerprint density at radius 1 is 1.21 bits per heavy atom. The Kier molecular flexibility index (Phi) is 8.15. The lowest BCUT2D eigenvalue weighted by Gasteiger charge is -2.15. The van der Waals surface area contributed by atoms with E-state index >= 15 is 0 Å². The van der Waals surface area contributed by atoms with E-state index in [1.807, 2.05) is 0 Å². The fraction of sp³-hybridized carbons (Fsp3) is 0.625. The van der Waals surface area contributed by atoms with Gasteiger partial charge in [0.1, 0.15) is 5.75 Å². The first-order valence-electron chi connectivity index (χ1n) is 7.34. The van der Waals surface area contributed by atoms with Crippen LogP contribution in [0.1, 0.15) is 58.1 Å². The predicted octanol–water partition coefficient (Wildman–Crippen LogP) is 5.08. The highest BCUT2D eigenvalue weighted by molar-refractivity contribution is 9.10. The molecule has 0 fully saturated rings. The third-order valence-corrected chi connectivity index (χ3v) is 3.78. The Hall–Kier alpha value is -0.540. The van der Waals surface area contributed by atoms with Crippen LogP contribution in [0.15, 0.2) is 22.7 Å². The molecular formula is C16H26BrNO. The van der Waals surface area contributed by atoms with Gasteiger partial charge in [-0.2, -0.15) is 0 Å². The maximum atomic E-state index is 5.79. The molecule has 0 amide bonds. The van der Waals surface area contributed by atoms with Crippen molar-refractivity contribution in [2.24, 2.45) is 0 Å². The minimum atomic E-state index is 0.380. The molecular weight excluding hydrogens is 302 g/mol. The maximum absolute atomic E-state index is 5.79. The van der Waals surface area contributed by atoms with Crippen molar-refractivity contribution in [2.45, 2.75) is 52.5 Å². The van der Waals surface area contributed by atoms with Crippen molar-refractivity contribution < 1.29 is 4.74 Å². The van der Waals surface area contributed by atoms with Gasteiger partial charge >= 0.3 is 0 Å². The minimum Gasteiger partial charge on any atom is -0.492 e. The van der Waals surface area contributed by atoms with Gasteiger partial charge in [0.05, 0.1) is 11.1 Å². The van der Waals surface area contributed by atoms with Crippen molar-refractivity contribution in [1.82, 2.24) is 5.32 Å². The summed E-state index contributed by atoms with van der Waals surface area (Å²) in [7, 11) is 0. The lowest BCUT2D eigenvalue weighted by molar-refractivity contribution is 0.304. The van der Waals surface area contributed by atoms with Gasteiger partial charge in [-0.3, -0.25) is 0 Å². The normalized spacial score (nSPS) is 12.4. The highest BCUT2D eigenvalue weighted by Crippen LogP contribution is 2.28. The highest BCUT2D eigenvalue weighted by atomic mass is 79.9. The van der Waals surface area contributed by atoms with E-state index in [0.29, 0.717) is 6.04 Å². The van der Waals surface area contributed by atoms with Crippen molar-refractivity contribution in [3.8, 4) is 5.75 Å². The zero-order chi connectivity index (χ0) is 14.1. The van der Waals surface area contributed by atoms with Crippen LogP contribution in [-0.4, -0.2) is 13.2 Å². The molecule has 3 heteroatoms. The molecule has 0 saturated carbocycles. The second-order valence-corrected chi connectivity index (χ2v) is 5.78. The molecule has 1 N–H and O–H groups in total. The van der Waals surface area contributed by atoms with E-state index in [9.17, 15) is 0 Å². The summed E-state index contributed by atoms with van der Waals surface area (Å²) in [5, 5.41) is 3.49. The molecule has 108 valence electrons. The molecule has 1 unspecified atom stereocenters. The third-order valence-electron chi connectivity index (χ3n) is 3.16. The average molecular weight is 328 g/mol. The van der Waals surface area contributed by atoms with Crippen LogP contribution in [0.2, 0.25) is 0 Å². The van der Waals surface area contributed by atoms with Crippen LogP contribution in [0.25, 0.3) is 0 Å². The monoisotopic (exact) mass is 327 g/mol. The molecule has 0 aliphatic rings. The molecule has 2 nitrogen and oxygen atoms in total. The fourth-order valence-electron chi connectivity index (χ4n) is 1.92. The van der Waals surface area contributed by atoms with Crippen molar-refractivity contribution in [3.63, 3.8) is 0 Å². The molecule has 0 heterocycles. The van der Waals surface area contributed by atoms with Crippen LogP contribution in [0, 0.1) is 0 Å². The highest BCUT2D eigenvalue weighted by Gasteiger charge is 2.08. The number of halogens is 1. The largest absolute Gasteiger partial charge is 0.492 e. The summed E-state index contributed by atoms with van der Waals surface area (Å²) in [5.74, 6) is 0.947. The van der Waals surface area contributed by atoms with E-state index in [0.717, 1.165) is 36.2 Å². The van der Waals surface area contributed by atoms with Crippen LogP contribution in [0.5, 0.6) is 5.75 Å². The molecule has 1 atom stereocenters. The number of hydrogen-bond acceptors (Lipinski definition) is 2. The lowest BCUT2D eigenvalue weighted by Crippen LogP contribution is -2.19. The fourth-order valence-corrected chi connectivity index (χ4v) is 2.43. The Morgan fingerprint density at radius 3 is 2.63 bits per heavy atom. The molecule has 0 radical (unpaired) electrons. The molecule has 1 aromatic carbocycles. The van der Waals surface area contributed by atoms with E-state index in [1.165, 1.54) is 18.4 Å². The second kappa shape index (κ2) is 9.38. The second-order valence-electron chi connectivity index (χ2n) is 4.92. The molecule has 0 saturated heterocycles. The van der Waals surface area contributed by atoms with E-state index in [2.05, 4.69) is 60.2 Å². The van der Waals surface area contributed by atoms with Gasteiger partial charge in [-0.05, 0) is 59.9 Å². The van der Waals surface area contributed by atoms with Crippen molar-refractivity contribution >= 4 is 15.9 Å². The number of benzene rings is 1. The summed E-state index contributed by atoms with van der Waals surface area (Å²) >= 11 is 3.60. The van der Waals surface area contributed by atoms with Crippen LogP contribution >= 0.6 is 15.9 Å². The number of unbranched alkanes of at least 4 members (excludes halogenated alkanes) is 2. The lowest BCUT2D eigenvalue weighted by atomic mass is 10.1. The molecule has 0 spiro atoms. The van der Waals surface area contributed by atoms with E-state index in [1.54, 1.807) is 0 Å². The van der Waals surface area contributed by atoms with Crippen molar-refractivity contribution in [2.75, 3.05) is 13.2 Å². The van der Waals surface area contributed by atoms with Crippen LogP contribution in [0.3, 0.4) is 0 Å². The number of rotatable bonds is 9. The summed E-state index contributed by atoms with van der Waals surface area (Å²) < 4.78 is 6.84. The minimum absolute atomic E-state index is 0.380. The number of nitrogens with one attached hydrogen (secondary N) is 1. The molecule has 1 aromatic rings. The molecule has 0 aliphatic carbocycles. The number of ether oxygens (including phenoxy) is 1. The smallest absolute Gasteiger partial charge is 0.133 e. The van der Waals surface area contributed by atoms with Crippen molar-refractivity contribution in [1.29, 1.82) is 0 Å². The molecule has 0 aliphatic heterocycles. The molecule has 1 rings (SSSR count). The molecule has 19 heavy (non-hydrogen) atoms. The summed E-state index contributed by atoms with van der Waals surface area (Å²) in [6.07, 6.45) is 4.74. The van der Waals surface area contributed by atoms with Crippen molar-refractivity contribution in [3.05, 3.63) is 28.2 Å². The van der Waals surface area contributed by atoms with Gasteiger partial charge in [-0.1, -0.05) is 32.8 Å². The predicted molar refractivity (Wildman–Crippen MR) is 85.9 cm³/mol. The maximum Gasteiger partial charge on any atom is 0.133 e. The Bertz CT molecular complexity index is 368. The zero-order valence-corrected chi connectivity index (χ0v) is 13.9. The summed E-state index contributed by atoms with van der Waals surface area (Å²) in [6, 6.07) is 6.75. The topological polar surface area (TPSA) is 21.3 Å². The molecule has 0 bridgehead atoms. The first-order valence-corrected chi connectivity index (χ1v) is 8.14. The van der Waals surface area contributed by atoms with Gasteiger partial charge in [0.2, 0.25) is 0 Å². The quantitative estimate of drug-likeness (QED) is 0.638. The summed E-state index contributed by atoms with van der Waals surface area (Å²) in [5.41, 5.74) is 1.29. The molecule has 0 aromatic heterocycles. The van der Waals surface area contributed by atoms with E-state index < -0.39 is 0 Å². The number of hydrogen-bond donors (Lipinski definition) is 1. The van der Waals surface area contributed by atoms with Gasteiger partial charge in [-0.25, -0.2) is 0 Å². The van der Waals surface area contributed by atoms with Crippen LogP contribution < -0.4 is 10.1 Å². The average Bonchev–Trinajstić information content (AvgIpc) is 2.42. The van der Waals surface area contributed by atoms with E-state index in [-0.39, 0.29) is 0 Å². The van der Waals surface area contributed by atoms with Gasteiger partial charge in [0.15, 0.2) is 0 Å². The van der Waals surface area contributed by atoms with Crippen LogP contribution in [0.4, 0.5) is 0 Å². The van der Waals surface area contributed by atoms with Crippen LogP contribution in [-0.2, 0) is 0 Å². The first kappa shape index (κ1) is 16.5. The summed E-state index contributed by atoms with van der Waals surface area (Å²) in [6.45, 7) is 8.43. The Balaban J connectivity index is 2.53. The van der Waals surface area contributed by atoms with Gasteiger partial charge < -0.3 is 10.1 Å².